The number of nitrogens with one attached hydrogen (secondary N) is 1. The van der Waals surface area contributed by atoms with Gasteiger partial charge in [0, 0.05) is 49.1 Å². The average molecular weight is 287 g/mol. The molecule has 112 valence electrons. The van der Waals surface area contributed by atoms with Gasteiger partial charge in [-0.1, -0.05) is 6.92 Å². The first-order valence-corrected chi connectivity index (χ1v) is 7.28. The van der Waals surface area contributed by atoms with E-state index in [1.165, 1.54) is 4.68 Å². The Kier molecular flexibility index (Phi) is 3.31. The minimum absolute atomic E-state index is 0.0150. The first kappa shape index (κ1) is 13.9. The number of anilines is 1. The van der Waals surface area contributed by atoms with Gasteiger partial charge in [-0.05, 0) is 19.8 Å². The minimum atomic E-state index is -0.0580. The first-order chi connectivity index (χ1) is 9.98. The molecule has 1 aliphatic rings. The molecule has 0 aromatic carbocycles. The standard InChI is InChI=1S/C15H21N5O/c1-11-7-13(17-10-16-11)20-6-4-5-15(2,9-20)12-8-14(21)19(3)18-12/h7-8,10,18H,4-6,9H2,1-3H3. The zero-order valence-electron chi connectivity index (χ0n) is 12.8. The second-order valence-corrected chi connectivity index (χ2v) is 6.17. The van der Waals surface area contributed by atoms with Crippen LogP contribution in [0.15, 0.2) is 23.3 Å². The van der Waals surface area contributed by atoms with Gasteiger partial charge in [0.1, 0.15) is 12.1 Å². The van der Waals surface area contributed by atoms with Crippen LogP contribution in [0.3, 0.4) is 0 Å². The molecule has 1 N–H and O–H groups in total. The van der Waals surface area contributed by atoms with Crippen LogP contribution < -0.4 is 10.5 Å². The third-order valence-corrected chi connectivity index (χ3v) is 4.35. The van der Waals surface area contributed by atoms with E-state index in [4.69, 9.17) is 0 Å². The molecule has 1 atom stereocenters. The van der Waals surface area contributed by atoms with Gasteiger partial charge < -0.3 is 4.90 Å². The van der Waals surface area contributed by atoms with Crippen LogP contribution in [0.1, 0.15) is 31.2 Å². The number of rotatable bonds is 2. The third-order valence-electron chi connectivity index (χ3n) is 4.35. The molecule has 1 unspecified atom stereocenters. The average Bonchev–Trinajstić information content (AvgIpc) is 2.80. The minimum Gasteiger partial charge on any atom is -0.356 e. The normalized spacial score (nSPS) is 22.5. The topological polar surface area (TPSA) is 66.8 Å². The molecule has 3 heterocycles. The molecule has 1 aliphatic heterocycles. The molecule has 0 saturated carbocycles. The van der Waals surface area contributed by atoms with Gasteiger partial charge in [-0.3, -0.25) is 14.6 Å². The van der Waals surface area contributed by atoms with Crippen molar-refractivity contribution in [3.05, 3.63) is 40.2 Å². The van der Waals surface area contributed by atoms with Crippen molar-refractivity contribution in [2.45, 2.75) is 32.1 Å². The van der Waals surface area contributed by atoms with Gasteiger partial charge in [-0.2, -0.15) is 0 Å². The molecule has 0 radical (unpaired) electrons. The van der Waals surface area contributed by atoms with Crippen LogP contribution in [0.4, 0.5) is 5.82 Å². The second-order valence-electron chi connectivity index (χ2n) is 6.17. The van der Waals surface area contributed by atoms with Crippen LogP contribution in [0.5, 0.6) is 0 Å². The molecule has 0 spiro atoms. The molecule has 2 aromatic rings. The lowest BCUT2D eigenvalue weighted by Crippen LogP contribution is -2.45. The Morgan fingerprint density at radius 3 is 2.81 bits per heavy atom. The second kappa shape index (κ2) is 5.02. The molecule has 0 bridgehead atoms. The highest BCUT2D eigenvalue weighted by atomic mass is 16.1. The van der Waals surface area contributed by atoms with Gasteiger partial charge in [0.05, 0.1) is 0 Å². The fourth-order valence-electron chi connectivity index (χ4n) is 3.07. The van der Waals surface area contributed by atoms with Crippen LogP contribution in [-0.4, -0.2) is 32.8 Å². The van der Waals surface area contributed by atoms with E-state index in [0.29, 0.717) is 0 Å². The Morgan fingerprint density at radius 1 is 1.33 bits per heavy atom. The summed E-state index contributed by atoms with van der Waals surface area (Å²) in [6.45, 7) is 6.02. The van der Waals surface area contributed by atoms with Crippen LogP contribution >= 0.6 is 0 Å². The number of nitrogens with zero attached hydrogens (tertiary/aromatic N) is 4. The Bertz CT molecular complexity index is 704. The van der Waals surface area contributed by atoms with Crippen molar-refractivity contribution in [1.29, 1.82) is 0 Å². The van der Waals surface area contributed by atoms with Crippen molar-refractivity contribution in [1.82, 2.24) is 19.7 Å². The Morgan fingerprint density at radius 2 is 2.14 bits per heavy atom. The molecular formula is C15H21N5O. The van der Waals surface area contributed by atoms with E-state index >= 15 is 0 Å². The van der Waals surface area contributed by atoms with Gasteiger partial charge in [-0.25, -0.2) is 9.97 Å². The van der Waals surface area contributed by atoms with Gasteiger partial charge in [0.15, 0.2) is 0 Å². The number of hydrogen-bond acceptors (Lipinski definition) is 4. The third kappa shape index (κ3) is 2.57. The summed E-state index contributed by atoms with van der Waals surface area (Å²) in [7, 11) is 1.75. The Balaban J connectivity index is 1.90. The lowest BCUT2D eigenvalue weighted by atomic mass is 9.79. The molecule has 2 aromatic heterocycles. The van der Waals surface area contributed by atoms with Crippen molar-refractivity contribution < 1.29 is 0 Å². The van der Waals surface area contributed by atoms with Crippen LogP contribution in [-0.2, 0) is 12.5 Å². The van der Waals surface area contributed by atoms with Crippen LogP contribution in [0, 0.1) is 6.92 Å². The molecule has 6 heteroatoms. The van der Waals surface area contributed by atoms with Crippen LogP contribution in [0.2, 0.25) is 0 Å². The van der Waals surface area contributed by atoms with Gasteiger partial charge in [0.25, 0.3) is 5.56 Å². The Hall–Kier alpha value is -2.11. The number of aromatic nitrogens is 4. The predicted octanol–water partition coefficient (Wildman–Crippen LogP) is 1.37. The Labute approximate surface area is 123 Å². The molecule has 3 rings (SSSR count). The highest BCUT2D eigenvalue weighted by Crippen LogP contribution is 2.33. The van der Waals surface area contributed by atoms with Crippen molar-refractivity contribution in [2.75, 3.05) is 18.0 Å². The van der Waals surface area contributed by atoms with Crippen molar-refractivity contribution in [3.8, 4) is 0 Å². The quantitative estimate of drug-likeness (QED) is 0.906. The summed E-state index contributed by atoms with van der Waals surface area (Å²) in [6.07, 6.45) is 3.75. The first-order valence-electron chi connectivity index (χ1n) is 7.28. The van der Waals surface area contributed by atoms with E-state index in [1.807, 2.05) is 13.0 Å². The van der Waals surface area contributed by atoms with E-state index in [1.54, 1.807) is 19.4 Å². The van der Waals surface area contributed by atoms with Crippen molar-refractivity contribution in [2.24, 2.45) is 7.05 Å². The lowest BCUT2D eigenvalue weighted by molar-refractivity contribution is 0.360. The molecule has 0 amide bonds. The summed E-state index contributed by atoms with van der Waals surface area (Å²) in [5, 5.41) is 3.18. The lowest BCUT2D eigenvalue weighted by Gasteiger charge is -2.40. The van der Waals surface area contributed by atoms with Gasteiger partial charge in [-0.15, -0.1) is 0 Å². The molecule has 21 heavy (non-hydrogen) atoms. The molecule has 6 nitrogen and oxygen atoms in total. The number of piperidine rings is 1. The predicted molar refractivity (Wildman–Crippen MR) is 81.6 cm³/mol. The van der Waals surface area contributed by atoms with E-state index in [2.05, 4.69) is 26.9 Å². The van der Waals surface area contributed by atoms with Gasteiger partial charge in [0.2, 0.25) is 0 Å². The molecule has 1 fully saturated rings. The summed E-state index contributed by atoms with van der Waals surface area (Å²) >= 11 is 0. The van der Waals surface area contributed by atoms with E-state index in [0.717, 1.165) is 43.1 Å². The number of aromatic amines is 1. The van der Waals surface area contributed by atoms with Gasteiger partial charge >= 0.3 is 0 Å². The van der Waals surface area contributed by atoms with Crippen molar-refractivity contribution in [3.63, 3.8) is 0 Å². The van der Waals surface area contributed by atoms with Crippen molar-refractivity contribution >= 4 is 5.82 Å². The summed E-state index contributed by atoms with van der Waals surface area (Å²) in [5.74, 6) is 0.965. The molecule has 0 aliphatic carbocycles. The molecular weight excluding hydrogens is 266 g/mol. The summed E-state index contributed by atoms with van der Waals surface area (Å²) in [5.41, 5.74) is 1.93. The van der Waals surface area contributed by atoms with E-state index in [9.17, 15) is 4.79 Å². The summed E-state index contributed by atoms with van der Waals surface area (Å²) in [6, 6.07) is 3.73. The number of aryl methyl sites for hydroxylation is 2. The monoisotopic (exact) mass is 287 g/mol. The fraction of sp³-hybridized carbons (Fsp3) is 0.533. The van der Waals surface area contributed by atoms with E-state index < -0.39 is 0 Å². The highest BCUT2D eigenvalue weighted by Gasteiger charge is 2.35. The largest absolute Gasteiger partial charge is 0.356 e. The zero-order chi connectivity index (χ0) is 15.0. The molecule has 1 saturated heterocycles. The smallest absolute Gasteiger partial charge is 0.266 e. The van der Waals surface area contributed by atoms with Crippen LogP contribution in [0.25, 0.3) is 0 Å². The maximum absolute atomic E-state index is 11.7. The number of H-pyrrole nitrogens is 1. The zero-order valence-corrected chi connectivity index (χ0v) is 12.8. The SMILES string of the molecule is Cc1cc(N2CCCC(C)(c3cc(=O)n(C)[nH]3)C2)ncn1. The maximum atomic E-state index is 11.7. The summed E-state index contributed by atoms with van der Waals surface area (Å²) < 4.78 is 1.54. The van der Waals surface area contributed by atoms with E-state index in [-0.39, 0.29) is 11.0 Å². The summed E-state index contributed by atoms with van der Waals surface area (Å²) in [4.78, 5) is 22.5. The number of hydrogen-bond donors (Lipinski definition) is 1. The maximum Gasteiger partial charge on any atom is 0.266 e. The highest BCUT2D eigenvalue weighted by molar-refractivity contribution is 5.41. The fourth-order valence-corrected chi connectivity index (χ4v) is 3.07.